The SMILES string of the molecule is OCC#CCO[C@H]1C[C@H](Oc2ccc(Br)cn2)C1. The van der Waals surface area contributed by atoms with Crippen molar-refractivity contribution in [2.45, 2.75) is 25.0 Å². The van der Waals surface area contributed by atoms with Crippen LogP contribution < -0.4 is 4.74 Å². The molecule has 0 saturated heterocycles. The number of nitrogens with zero attached hydrogens (tertiary/aromatic N) is 1. The van der Waals surface area contributed by atoms with Gasteiger partial charge in [0.2, 0.25) is 5.88 Å². The van der Waals surface area contributed by atoms with Gasteiger partial charge < -0.3 is 14.6 Å². The van der Waals surface area contributed by atoms with Crippen molar-refractivity contribution in [1.82, 2.24) is 4.98 Å². The number of halogens is 1. The van der Waals surface area contributed by atoms with Crippen LogP contribution in [-0.4, -0.2) is 35.5 Å². The fraction of sp³-hybridized carbons (Fsp3) is 0.462. The second-order valence-corrected chi connectivity index (χ2v) is 4.89. The van der Waals surface area contributed by atoms with Crippen LogP contribution in [-0.2, 0) is 4.74 Å². The fourth-order valence-electron chi connectivity index (χ4n) is 1.62. The highest BCUT2D eigenvalue weighted by Crippen LogP contribution is 2.27. The van der Waals surface area contributed by atoms with Gasteiger partial charge in [0.1, 0.15) is 19.3 Å². The van der Waals surface area contributed by atoms with Crippen LogP contribution in [0, 0.1) is 11.8 Å². The van der Waals surface area contributed by atoms with Gasteiger partial charge in [-0.1, -0.05) is 11.8 Å². The molecule has 2 rings (SSSR count). The number of pyridine rings is 1. The van der Waals surface area contributed by atoms with Gasteiger partial charge in [-0.15, -0.1) is 0 Å². The number of ether oxygens (including phenoxy) is 2. The molecule has 1 N–H and O–H groups in total. The molecule has 1 aliphatic rings. The maximum Gasteiger partial charge on any atom is 0.213 e. The van der Waals surface area contributed by atoms with E-state index in [2.05, 4.69) is 32.8 Å². The fourth-order valence-corrected chi connectivity index (χ4v) is 1.85. The van der Waals surface area contributed by atoms with E-state index in [1.165, 1.54) is 0 Å². The Kier molecular flexibility index (Phi) is 5.00. The summed E-state index contributed by atoms with van der Waals surface area (Å²) >= 11 is 3.32. The Morgan fingerprint density at radius 3 is 2.83 bits per heavy atom. The van der Waals surface area contributed by atoms with Crippen molar-refractivity contribution >= 4 is 15.9 Å². The van der Waals surface area contributed by atoms with Crippen molar-refractivity contribution in [3.05, 3.63) is 22.8 Å². The third kappa shape index (κ3) is 3.98. The third-order valence-electron chi connectivity index (χ3n) is 2.63. The molecular formula is C13H14BrNO3. The molecule has 1 aliphatic carbocycles. The zero-order valence-corrected chi connectivity index (χ0v) is 11.4. The molecule has 0 bridgehead atoms. The lowest BCUT2D eigenvalue weighted by atomic mass is 9.92. The summed E-state index contributed by atoms with van der Waals surface area (Å²) in [5.74, 6) is 5.91. The number of hydrogen-bond acceptors (Lipinski definition) is 4. The lowest BCUT2D eigenvalue weighted by Gasteiger charge is -2.34. The zero-order chi connectivity index (χ0) is 12.8. The normalized spacial score (nSPS) is 21.7. The van der Waals surface area contributed by atoms with Gasteiger partial charge >= 0.3 is 0 Å². The van der Waals surface area contributed by atoms with Gasteiger partial charge in [0, 0.05) is 29.6 Å². The van der Waals surface area contributed by atoms with Crippen molar-refractivity contribution in [2.24, 2.45) is 0 Å². The smallest absolute Gasteiger partial charge is 0.213 e. The largest absolute Gasteiger partial charge is 0.474 e. The molecule has 18 heavy (non-hydrogen) atoms. The molecule has 0 aliphatic heterocycles. The van der Waals surface area contributed by atoms with Gasteiger partial charge in [0.25, 0.3) is 0 Å². The molecule has 0 radical (unpaired) electrons. The molecule has 0 spiro atoms. The molecule has 1 aromatic heterocycles. The van der Waals surface area contributed by atoms with Crippen LogP contribution in [0.1, 0.15) is 12.8 Å². The van der Waals surface area contributed by atoms with E-state index >= 15 is 0 Å². The van der Waals surface area contributed by atoms with Crippen LogP contribution in [0.3, 0.4) is 0 Å². The molecule has 4 nitrogen and oxygen atoms in total. The van der Waals surface area contributed by atoms with Crippen LogP contribution in [0.2, 0.25) is 0 Å². The van der Waals surface area contributed by atoms with Crippen molar-refractivity contribution < 1.29 is 14.6 Å². The molecule has 0 amide bonds. The van der Waals surface area contributed by atoms with Gasteiger partial charge in [-0.05, 0) is 22.0 Å². The molecule has 0 atom stereocenters. The molecule has 1 heterocycles. The van der Waals surface area contributed by atoms with Gasteiger partial charge in [-0.2, -0.15) is 0 Å². The summed E-state index contributed by atoms with van der Waals surface area (Å²) in [6.45, 7) is 0.253. The second-order valence-electron chi connectivity index (χ2n) is 3.97. The minimum Gasteiger partial charge on any atom is -0.474 e. The van der Waals surface area contributed by atoms with E-state index in [0.717, 1.165) is 17.3 Å². The Hall–Kier alpha value is -1.09. The summed E-state index contributed by atoms with van der Waals surface area (Å²) in [7, 11) is 0. The number of aliphatic hydroxyl groups is 1. The minimum atomic E-state index is -0.116. The van der Waals surface area contributed by atoms with E-state index in [0.29, 0.717) is 12.5 Å². The number of hydrogen-bond donors (Lipinski definition) is 1. The van der Waals surface area contributed by atoms with E-state index in [4.69, 9.17) is 14.6 Å². The highest BCUT2D eigenvalue weighted by molar-refractivity contribution is 9.10. The van der Waals surface area contributed by atoms with E-state index < -0.39 is 0 Å². The van der Waals surface area contributed by atoms with Crippen molar-refractivity contribution in [1.29, 1.82) is 0 Å². The Labute approximate surface area is 114 Å². The molecule has 96 valence electrons. The van der Waals surface area contributed by atoms with Crippen molar-refractivity contribution in [3.8, 4) is 17.7 Å². The summed E-state index contributed by atoms with van der Waals surface area (Å²) < 4.78 is 12.1. The first-order valence-electron chi connectivity index (χ1n) is 5.74. The number of aromatic nitrogens is 1. The molecule has 0 unspecified atom stereocenters. The predicted octanol–water partition coefficient (Wildman–Crippen LogP) is 1.77. The Balaban J connectivity index is 1.65. The average molecular weight is 312 g/mol. The minimum absolute atomic E-state index is 0.116. The Morgan fingerprint density at radius 2 is 2.17 bits per heavy atom. The van der Waals surface area contributed by atoms with Gasteiger partial charge in [-0.25, -0.2) is 4.98 Å². The highest BCUT2D eigenvalue weighted by Gasteiger charge is 2.31. The quantitative estimate of drug-likeness (QED) is 0.861. The van der Waals surface area contributed by atoms with E-state index in [1.54, 1.807) is 6.20 Å². The van der Waals surface area contributed by atoms with E-state index in [9.17, 15) is 0 Å². The molecule has 1 aromatic rings. The summed E-state index contributed by atoms with van der Waals surface area (Å²) in [6.07, 6.45) is 3.82. The van der Waals surface area contributed by atoms with E-state index in [-0.39, 0.29) is 18.8 Å². The van der Waals surface area contributed by atoms with Gasteiger partial charge in [-0.3, -0.25) is 0 Å². The Bertz CT molecular complexity index is 432. The highest BCUT2D eigenvalue weighted by atomic mass is 79.9. The lowest BCUT2D eigenvalue weighted by molar-refractivity contribution is -0.0508. The summed E-state index contributed by atoms with van der Waals surface area (Å²) in [4.78, 5) is 4.15. The topological polar surface area (TPSA) is 51.6 Å². The molecular weight excluding hydrogens is 298 g/mol. The summed E-state index contributed by atoms with van der Waals surface area (Å²) in [6, 6.07) is 3.74. The van der Waals surface area contributed by atoms with Crippen LogP contribution >= 0.6 is 15.9 Å². The number of aliphatic hydroxyl groups excluding tert-OH is 1. The maximum atomic E-state index is 8.47. The van der Waals surface area contributed by atoms with Crippen LogP contribution in [0.5, 0.6) is 5.88 Å². The molecule has 1 saturated carbocycles. The first kappa shape index (κ1) is 13.3. The lowest BCUT2D eigenvalue weighted by Crippen LogP contribution is -2.39. The zero-order valence-electron chi connectivity index (χ0n) is 9.80. The van der Waals surface area contributed by atoms with Crippen molar-refractivity contribution in [3.63, 3.8) is 0 Å². The second kappa shape index (κ2) is 6.74. The third-order valence-corrected chi connectivity index (χ3v) is 3.10. The predicted molar refractivity (Wildman–Crippen MR) is 70.2 cm³/mol. The monoisotopic (exact) mass is 311 g/mol. The number of rotatable bonds is 4. The molecule has 5 heteroatoms. The van der Waals surface area contributed by atoms with Crippen LogP contribution in [0.15, 0.2) is 22.8 Å². The van der Waals surface area contributed by atoms with Crippen molar-refractivity contribution in [2.75, 3.05) is 13.2 Å². The Morgan fingerprint density at radius 1 is 1.33 bits per heavy atom. The first-order valence-corrected chi connectivity index (χ1v) is 6.53. The maximum absolute atomic E-state index is 8.47. The average Bonchev–Trinajstić information content (AvgIpc) is 2.33. The summed E-state index contributed by atoms with van der Waals surface area (Å²) in [5, 5.41) is 8.47. The molecule has 1 fully saturated rings. The van der Waals surface area contributed by atoms with Gasteiger partial charge in [0.05, 0.1) is 6.10 Å². The first-order chi connectivity index (χ1) is 8.78. The standard InChI is InChI=1S/C13H14BrNO3/c14-10-3-4-13(15-9-10)18-12-7-11(8-12)17-6-2-1-5-16/h3-4,9,11-12,16H,5-8H2/t11-,12-. The van der Waals surface area contributed by atoms with Crippen LogP contribution in [0.4, 0.5) is 0 Å². The van der Waals surface area contributed by atoms with Crippen LogP contribution in [0.25, 0.3) is 0 Å². The summed E-state index contributed by atoms with van der Waals surface area (Å²) in [5.41, 5.74) is 0. The van der Waals surface area contributed by atoms with E-state index in [1.807, 2.05) is 12.1 Å². The van der Waals surface area contributed by atoms with Gasteiger partial charge in [0.15, 0.2) is 0 Å². The molecule has 0 aromatic carbocycles.